The monoisotopic (exact) mass is 231 g/mol. The predicted molar refractivity (Wildman–Crippen MR) is 59.4 cm³/mol. The third kappa shape index (κ3) is 7.26. The maximum atomic E-state index is 4.71. The van der Waals surface area contributed by atoms with Gasteiger partial charge in [0.1, 0.15) is 5.82 Å². The minimum absolute atomic E-state index is 1.06. The number of nitrogens with zero attached hydrogens (tertiary/aromatic N) is 1. The SMILES string of the molecule is CCCc1ncc[nH]1.CO[Si](OC)OC. The van der Waals surface area contributed by atoms with Gasteiger partial charge < -0.3 is 18.3 Å². The van der Waals surface area contributed by atoms with Gasteiger partial charge in [0.25, 0.3) is 0 Å². The van der Waals surface area contributed by atoms with Gasteiger partial charge in [0.2, 0.25) is 0 Å². The number of aromatic nitrogens is 2. The standard InChI is InChI=1S/C6H10N2.C3H9O3Si/c1-2-3-6-7-4-5-8-6;1-4-7(5-2)6-3/h4-5H,2-3H2,1H3,(H,7,8);1-3H3. The lowest BCUT2D eigenvalue weighted by Gasteiger charge is -2.02. The Hall–Kier alpha value is -0.693. The Kier molecular flexibility index (Phi) is 9.39. The molecule has 0 fully saturated rings. The zero-order valence-corrected chi connectivity index (χ0v) is 10.7. The van der Waals surface area contributed by atoms with E-state index in [1.807, 2.05) is 6.20 Å². The molecule has 5 nitrogen and oxygen atoms in total. The first kappa shape index (κ1) is 14.3. The predicted octanol–water partition coefficient (Wildman–Crippen LogP) is 1.27. The Morgan fingerprint density at radius 3 is 2.13 bits per heavy atom. The molecule has 6 heteroatoms. The third-order valence-electron chi connectivity index (χ3n) is 1.54. The summed E-state index contributed by atoms with van der Waals surface area (Å²) in [6, 6.07) is 0. The van der Waals surface area contributed by atoms with Crippen molar-refractivity contribution in [3.63, 3.8) is 0 Å². The topological polar surface area (TPSA) is 56.4 Å². The van der Waals surface area contributed by atoms with Gasteiger partial charge in [0.05, 0.1) is 0 Å². The molecule has 0 spiro atoms. The van der Waals surface area contributed by atoms with Crippen LogP contribution in [0.25, 0.3) is 0 Å². The molecule has 1 heterocycles. The van der Waals surface area contributed by atoms with Crippen LogP contribution in [0.1, 0.15) is 19.2 Å². The number of H-pyrrole nitrogens is 1. The Bertz CT molecular complexity index is 210. The van der Waals surface area contributed by atoms with Crippen LogP contribution in [-0.4, -0.2) is 40.8 Å². The summed E-state index contributed by atoms with van der Waals surface area (Å²) in [6.07, 6.45) is 5.86. The molecule has 0 aliphatic rings. The molecule has 1 aromatic rings. The zero-order chi connectivity index (χ0) is 11.5. The molecular formula is C9H19N2O3Si. The molecule has 87 valence electrons. The van der Waals surface area contributed by atoms with Gasteiger partial charge in [-0.25, -0.2) is 4.98 Å². The van der Waals surface area contributed by atoms with Crippen molar-refractivity contribution in [2.75, 3.05) is 21.3 Å². The van der Waals surface area contributed by atoms with Crippen LogP contribution >= 0.6 is 0 Å². The van der Waals surface area contributed by atoms with Crippen LogP contribution in [0, 0.1) is 0 Å². The Labute approximate surface area is 92.7 Å². The molecular weight excluding hydrogens is 212 g/mol. The molecule has 0 bridgehead atoms. The summed E-state index contributed by atoms with van der Waals surface area (Å²) in [5.74, 6) is 1.09. The molecule has 0 aromatic carbocycles. The third-order valence-corrected chi connectivity index (χ3v) is 2.54. The molecule has 0 atom stereocenters. The van der Waals surface area contributed by atoms with Crippen molar-refractivity contribution in [3.8, 4) is 0 Å². The van der Waals surface area contributed by atoms with Crippen LogP contribution < -0.4 is 0 Å². The molecule has 1 rings (SSSR count). The molecule has 0 amide bonds. The van der Waals surface area contributed by atoms with Crippen molar-refractivity contribution in [1.29, 1.82) is 0 Å². The lowest BCUT2D eigenvalue weighted by Crippen LogP contribution is -2.21. The minimum Gasteiger partial charge on any atom is -0.375 e. The van der Waals surface area contributed by atoms with E-state index in [1.54, 1.807) is 27.5 Å². The van der Waals surface area contributed by atoms with E-state index in [9.17, 15) is 0 Å². The first-order valence-electron chi connectivity index (χ1n) is 4.75. The summed E-state index contributed by atoms with van der Waals surface area (Å²) in [5.41, 5.74) is 0. The molecule has 0 saturated heterocycles. The largest absolute Gasteiger partial charge is 0.576 e. The van der Waals surface area contributed by atoms with E-state index in [2.05, 4.69) is 16.9 Å². The van der Waals surface area contributed by atoms with E-state index in [4.69, 9.17) is 13.3 Å². The number of hydrogen-bond acceptors (Lipinski definition) is 4. The second kappa shape index (κ2) is 9.85. The summed E-state index contributed by atoms with van der Waals surface area (Å²) >= 11 is 0. The zero-order valence-electron chi connectivity index (χ0n) is 9.74. The van der Waals surface area contributed by atoms with Crippen molar-refractivity contribution >= 4 is 9.53 Å². The Morgan fingerprint density at radius 1 is 1.27 bits per heavy atom. The van der Waals surface area contributed by atoms with E-state index in [0.717, 1.165) is 18.7 Å². The highest BCUT2D eigenvalue weighted by Gasteiger charge is 2.09. The number of aromatic amines is 1. The van der Waals surface area contributed by atoms with Gasteiger partial charge in [-0.15, -0.1) is 0 Å². The lowest BCUT2D eigenvalue weighted by molar-refractivity contribution is 0.163. The highest BCUT2D eigenvalue weighted by molar-refractivity contribution is 6.36. The van der Waals surface area contributed by atoms with E-state index in [0.29, 0.717) is 0 Å². The van der Waals surface area contributed by atoms with Crippen LogP contribution in [0.5, 0.6) is 0 Å². The van der Waals surface area contributed by atoms with Crippen LogP contribution in [0.2, 0.25) is 0 Å². The average Bonchev–Trinajstić information content (AvgIpc) is 2.75. The van der Waals surface area contributed by atoms with E-state index >= 15 is 0 Å². The number of aryl methyl sites for hydroxylation is 1. The second-order valence-electron chi connectivity index (χ2n) is 2.65. The summed E-state index contributed by atoms with van der Waals surface area (Å²) in [7, 11) is 3.31. The van der Waals surface area contributed by atoms with Gasteiger partial charge in [-0.2, -0.15) is 0 Å². The molecule has 0 saturated carbocycles. The molecule has 1 N–H and O–H groups in total. The van der Waals surface area contributed by atoms with Gasteiger partial charge >= 0.3 is 9.53 Å². The van der Waals surface area contributed by atoms with Gasteiger partial charge in [-0.3, -0.25) is 0 Å². The van der Waals surface area contributed by atoms with Gasteiger partial charge in [-0.05, 0) is 6.42 Å². The summed E-state index contributed by atoms with van der Waals surface area (Å²) in [5, 5.41) is 0. The van der Waals surface area contributed by atoms with Crippen molar-refractivity contribution in [2.24, 2.45) is 0 Å². The van der Waals surface area contributed by atoms with Crippen molar-refractivity contribution in [1.82, 2.24) is 9.97 Å². The maximum Gasteiger partial charge on any atom is 0.576 e. The van der Waals surface area contributed by atoms with Crippen LogP contribution in [-0.2, 0) is 19.7 Å². The van der Waals surface area contributed by atoms with E-state index < -0.39 is 9.53 Å². The molecule has 0 unspecified atom stereocenters. The molecule has 0 aliphatic heterocycles. The van der Waals surface area contributed by atoms with Crippen LogP contribution in [0.4, 0.5) is 0 Å². The summed E-state index contributed by atoms with van der Waals surface area (Å²) in [4.78, 5) is 7.08. The molecule has 15 heavy (non-hydrogen) atoms. The molecule has 1 radical (unpaired) electrons. The summed E-state index contributed by atoms with van der Waals surface area (Å²) in [6.45, 7) is 2.14. The number of rotatable bonds is 5. The van der Waals surface area contributed by atoms with Crippen molar-refractivity contribution < 1.29 is 13.3 Å². The first-order valence-corrected chi connectivity index (χ1v) is 5.98. The highest BCUT2D eigenvalue weighted by atomic mass is 28.3. The van der Waals surface area contributed by atoms with Crippen LogP contribution in [0.3, 0.4) is 0 Å². The van der Waals surface area contributed by atoms with E-state index in [1.165, 1.54) is 0 Å². The fourth-order valence-electron chi connectivity index (χ4n) is 0.921. The molecule has 1 aromatic heterocycles. The van der Waals surface area contributed by atoms with Crippen molar-refractivity contribution in [3.05, 3.63) is 18.2 Å². The quantitative estimate of drug-likeness (QED) is 0.775. The first-order chi connectivity index (χ1) is 7.28. The smallest absolute Gasteiger partial charge is 0.375 e. The lowest BCUT2D eigenvalue weighted by atomic mass is 10.3. The average molecular weight is 231 g/mol. The number of imidazole rings is 1. The fourth-order valence-corrected chi connectivity index (χ4v) is 1.42. The summed E-state index contributed by atoms with van der Waals surface area (Å²) < 4.78 is 14.1. The number of nitrogens with one attached hydrogen (secondary N) is 1. The normalized spacial score (nSPS) is 9.93. The second-order valence-corrected chi connectivity index (χ2v) is 4.37. The van der Waals surface area contributed by atoms with Crippen LogP contribution in [0.15, 0.2) is 12.4 Å². The molecule has 0 aliphatic carbocycles. The maximum absolute atomic E-state index is 4.71. The minimum atomic E-state index is -1.36. The fraction of sp³-hybridized carbons (Fsp3) is 0.667. The van der Waals surface area contributed by atoms with E-state index in [-0.39, 0.29) is 0 Å². The van der Waals surface area contributed by atoms with Crippen molar-refractivity contribution in [2.45, 2.75) is 19.8 Å². The number of hydrogen-bond donors (Lipinski definition) is 1. The van der Waals surface area contributed by atoms with Gasteiger partial charge in [0, 0.05) is 40.1 Å². The van der Waals surface area contributed by atoms with Gasteiger partial charge in [0.15, 0.2) is 0 Å². The Balaban J connectivity index is 0.000000265. The Morgan fingerprint density at radius 2 is 1.87 bits per heavy atom. The highest BCUT2D eigenvalue weighted by Crippen LogP contribution is 1.91. The van der Waals surface area contributed by atoms with Gasteiger partial charge in [-0.1, -0.05) is 6.92 Å².